The average Bonchev–Trinajstić information content (AvgIpc) is 2.67. The zero-order valence-electron chi connectivity index (χ0n) is 14.6. The van der Waals surface area contributed by atoms with E-state index in [0.29, 0.717) is 29.6 Å². The topological polar surface area (TPSA) is 89.0 Å². The summed E-state index contributed by atoms with van der Waals surface area (Å²) < 4.78 is 5.11. The van der Waals surface area contributed by atoms with Gasteiger partial charge in [0.15, 0.2) is 0 Å². The molecule has 0 spiro atoms. The lowest BCUT2D eigenvalue weighted by atomic mass is 10.2. The summed E-state index contributed by atoms with van der Waals surface area (Å²) in [6.07, 6.45) is 3.48. The van der Waals surface area contributed by atoms with E-state index in [9.17, 15) is 4.79 Å². The highest BCUT2D eigenvalue weighted by molar-refractivity contribution is 6.03. The van der Waals surface area contributed by atoms with Crippen LogP contribution in [0.3, 0.4) is 0 Å². The number of amides is 1. The molecule has 0 radical (unpaired) electrons. The number of nitrogens with zero attached hydrogens (tertiary/aromatic N) is 3. The Kier molecular flexibility index (Phi) is 5.38. The Balaban J connectivity index is 1.70. The van der Waals surface area contributed by atoms with Crippen molar-refractivity contribution in [3.8, 4) is 5.75 Å². The third-order valence-electron chi connectivity index (χ3n) is 3.61. The summed E-state index contributed by atoms with van der Waals surface area (Å²) in [5.74, 6) is 0.821. The highest BCUT2D eigenvalue weighted by atomic mass is 16.5. The van der Waals surface area contributed by atoms with Crippen molar-refractivity contribution in [2.24, 2.45) is 0 Å². The molecule has 2 heterocycles. The summed E-state index contributed by atoms with van der Waals surface area (Å²) >= 11 is 0. The van der Waals surface area contributed by atoms with Gasteiger partial charge >= 0.3 is 0 Å². The Morgan fingerprint density at radius 2 is 1.96 bits per heavy atom. The number of pyridine rings is 1. The number of benzene rings is 1. The van der Waals surface area contributed by atoms with Crippen molar-refractivity contribution in [3.63, 3.8) is 0 Å². The van der Waals surface area contributed by atoms with Gasteiger partial charge in [-0.25, -0.2) is 9.97 Å². The van der Waals surface area contributed by atoms with Crippen LogP contribution in [0.15, 0.2) is 54.9 Å². The van der Waals surface area contributed by atoms with Gasteiger partial charge in [0.1, 0.15) is 11.4 Å². The fourth-order valence-corrected chi connectivity index (χ4v) is 2.32. The van der Waals surface area contributed by atoms with Gasteiger partial charge in [0.25, 0.3) is 5.91 Å². The van der Waals surface area contributed by atoms with E-state index in [-0.39, 0.29) is 5.91 Å². The van der Waals surface area contributed by atoms with Crippen LogP contribution in [0.2, 0.25) is 0 Å². The average molecular weight is 349 g/mol. The summed E-state index contributed by atoms with van der Waals surface area (Å²) in [5, 5.41) is 5.93. The first-order valence-electron chi connectivity index (χ1n) is 8.08. The lowest BCUT2D eigenvalue weighted by Crippen LogP contribution is -2.16. The molecule has 3 rings (SSSR count). The first-order valence-corrected chi connectivity index (χ1v) is 8.08. The molecule has 0 saturated heterocycles. The SMILES string of the molecule is COc1ccc(NC(=O)c2cc(C)nc(NCc3cccnc3)n2)cc1. The van der Waals surface area contributed by atoms with Crippen LogP contribution in [-0.2, 0) is 6.54 Å². The smallest absolute Gasteiger partial charge is 0.274 e. The molecular weight excluding hydrogens is 330 g/mol. The second kappa shape index (κ2) is 8.06. The molecular formula is C19H19N5O2. The molecule has 7 nitrogen and oxygen atoms in total. The number of methoxy groups -OCH3 is 1. The molecule has 0 fully saturated rings. The number of aryl methyl sites for hydroxylation is 1. The van der Waals surface area contributed by atoms with E-state index in [1.165, 1.54) is 0 Å². The Hall–Kier alpha value is -3.48. The largest absolute Gasteiger partial charge is 0.497 e. The number of ether oxygens (including phenoxy) is 1. The van der Waals surface area contributed by atoms with Crippen LogP contribution in [-0.4, -0.2) is 28.0 Å². The predicted molar refractivity (Wildman–Crippen MR) is 99.3 cm³/mol. The van der Waals surface area contributed by atoms with E-state index in [1.807, 2.05) is 19.1 Å². The van der Waals surface area contributed by atoms with Crippen molar-refractivity contribution < 1.29 is 9.53 Å². The maximum Gasteiger partial charge on any atom is 0.274 e. The maximum absolute atomic E-state index is 12.5. The molecule has 0 aliphatic heterocycles. The van der Waals surface area contributed by atoms with E-state index in [0.717, 1.165) is 11.3 Å². The van der Waals surface area contributed by atoms with Crippen LogP contribution >= 0.6 is 0 Å². The van der Waals surface area contributed by atoms with Crippen molar-refractivity contribution in [1.29, 1.82) is 0 Å². The zero-order valence-corrected chi connectivity index (χ0v) is 14.6. The molecule has 2 N–H and O–H groups in total. The predicted octanol–water partition coefficient (Wildman–Crippen LogP) is 3.05. The van der Waals surface area contributed by atoms with Crippen molar-refractivity contribution >= 4 is 17.5 Å². The van der Waals surface area contributed by atoms with E-state index in [4.69, 9.17) is 4.74 Å². The molecule has 132 valence electrons. The van der Waals surface area contributed by atoms with Crippen molar-refractivity contribution in [2.75, 3.05) is 17.7 Å². The number of carbonyl (C=O) groups is 1. The monoisotopic (exact) mass is 349 g/mol. The first kappa shape index (κ1) is 17.3. The molecule has 0 unspecified atom stereocenters. The fourth-order valence-electron chi connectivity index (χ4n) is 2.32. The number of aromatic nitrogens is 3. The third-order valence-corrected chi connectivity index (χ3v) is 3.61. The van der Waals surface area contributed by atoms with Crippen molar-refractivity contribution in [2.45, 2.75) is 13.5 Å². The highest BCUT2D eigenvalue weighted by Gasteiger charge is 2.11. The van der Waals surface area contributed by atoms with Gasteiger partial charge in [-0.05, 0) is 48.9 Å². The fraction of sp³-hybridized carbons (Fsp3) is 0.158. The number of anilines is 2. The molecule has 0 bridgehead atoms. The second-order valence-corrected chi connectivity index (χ2v) is 5.62. The lowest BCUT2D eigenvalue weighted by molar-refractivity contribution is 0.102. The Morgan fingerprint density at radius 3 is 2.65 bits per heavy atom. The van der Waals surface area contributed by atoms with Gasteiger partial charge in [0, 0.05) is 30.3 Å². The minimum atomic E-state index is -0.301. The van der Waals surface area contributed by atoms with E-state index >= 15 is 0 Å². The summed E-state index contributed by atoms with van der Waals surface area (Å²) in [4.78, 5) is 25.2. The van der Waals surface area contributed by atoms with Gasteiger partial charge in [-0.3, -0.25) is 9.78 Å². The molecule has 3 aromatic rings. The van der Waals surface area contributed by atoms with E-state index in [1.54, 1.807) is 49.8 Å². The minimum absolute atomic E-state index is 0.294. The number of hydrogen-bond donors (Lipinski definition) is 2. The van der Waals surface area contributed by atoms with Gasteiger partial charge in [0.2, 0.25) is 5.95 Å². The van der Waals surface area contributed by atoms with E-state index in [2.05, 4.69) is 25.6 Å². The van der Waals surface area contributed by atoms with Gasteiger partial charge in [-0.15, -0.1) is 0 Å². The molecule has 2 aromatic heterocycles. The number of carbonyl (C=O) groups excluding carboxylic acids is 1. The van der Waals surface area contributed by atoms with Gasteiger partial charge < -0.3 is 15.4 Å². The molecule has 0 aliphatic rings. The summed E-state index contributed by atoms with van der Waals surface area (Å²) in [6, 6.07) is 12.6. The summed E-state index contributed by atoms with van der Waals surface area (Å²) in [6.45, 7) is 2.35. The normalized spacial score (nSPS) is 10.2. The first-order chi connectivity index (χ1) is 12.6. The van der Waals surface area contributed by atoms with Crippen LogP contribution < -0.4 is 15.4 Å². The quantitative estimate of drug-likeness (QED) is 0.711. The van der Waals surface area contributed by atoms with Crippen LogP contribution in [0.1, 0.15) is 21.7 Å². The van der Waals surface area contributed by atoms with Crippen molar-refractivity contribution in [1.82, 2.24) is 15.0 Å². The Bertz CT molecular complexity index is 882. The van der Waals surface area contributed by atoms with E-state index < -0.39 is 0 Å². The molecule has 0 aliphatic carbocycles. The Labute approximate surface area is 151 Å². The van der Waals surface area contributed by atoms with Crippen LogP contribution in [0.4, 0.5) is 11.6 Å². The summed E-state index contributed by atoms with van der Waals surface area (Å²) in [5.41, 5.74) is 2.66. The zero-order chi connectivity index (χ0) is 18.4. The van der Waals surface area contributed by atoms with Gasteiger partial charge in [0.05, 0.1) is 7.11 Å². The highest BCUT2D eigenvalue weighted by Crippen LogP contribution is 2.16. The molecule has 1 amide bonds. The molecule has 0 atom stereocenters. The lowest BCUT2D eigenvalue weighted by Gasteiger charge is -2.09. The second-order valence-electron chi connectivity index (χ2n) is 5.62. The molecule has 7 heteroatoms. The van der Waals surface area contributed by atoms with Gasteiger partial charge in [-0.2, -0.15) is 0 Å². The van der Waals surface area contributed by atoms with Crippen LogP contribution in [0, 0.1) is 6.92 Å². The molecule has 0 saturated carbocycles. The minimum Gasteiger partial charge on any atom is -0.497 e. The third kappa shape index (κ3) is 4.54. The Morgan fingerprint density at radius 1 is 1.15 bits per heavy atom. The van der Waals surface area contributed by atoms with Crippen molar-refractivity contribution in [3.05, 3.63) is 71.8 Å². The number of nitrogens with one attached hydrogen (secondary N) is 2. The standard InChI is InChI=1S/C19H19N5O2/c1-13-10-17(18(25)23-15-5-7-16(26-2)8-6-15)24-19(22-13)21-12-14-4-3-9-20-11-14/h3-11H,12H2,1-2H3,(H,23,25)(H,21,22,24). The van der Waals surface area contributed by atoms with Crippen LogP contribution in [0.5, 0.6) is 5.75 Å². The molecule has 26 heavy (non-hydrogen) atoms. The van der Waals surface area contributed by atoms with Gasteiger partial charge in [-0.1, -0.05) is 6.07 Å². The maximum atomic E-state index is 12.5. The van der Waals surface area contributed by atoms with Crippen LogP contribution in [0.25, 0.3) is 0 Å². The molecule has 1 aromatic carbocycles. The number of hydrogen-bond acceptors (Lipinski definition) is 6. The number of rotatable bonds is 6. The summed E-state index contributed by atoms with van der Waals surface area (Å²) in [7, 11) is 1.59.